The lowest BCUT2D eigenvalue weighted by atomic mass is 10.1. The molecule has 2 heterocycles. The van der Waals surface area contributed by atoms with Gasteiger partial charge in [0.2, 0.25) is 11.9 Å². The molecule has 0 spiro atoms. The fourth-order valence-electron chi connectivity index (χ4n) is 3.29. The van der Waals surface area contributed by atoms with E-state index in [0.29, 0.717) is 56.5 Å². The molecule has 2 aromatic rings. The van der Waals surface area contributed by atoms with Crippen molar-refractivity contribution >= 4 is 11.9 Å². The van der Waals surface area contributed by atoms with Crippen LogP contribution in [0, 0.1) is 13.8 Å². The maximum atomic E-state index is 12.5. The third kappa shape index (κ3) is 4.98. The number of nitrogens with one attached hydrogen (secondary N) is 1. The molecular formula is C21H28N4O3. The van der Waals surface area contributed by atoms with Crippen LogP contribution in [-0.2, 0) is 22.5 Å². The molecule has 1 amide bonds. The summed E-state index contributed by atoms with van der Waals surface area (Å²) in [6, 6.07) is 8.14. The van der Waals surface area contributed by atoms with Gasteiger partial charge in [0.25, 0.3) is 5.56 Å². The van der Waals surface area contributed by atoms with E-state index in [1.54, 1.807) is 11.9 Å². The molecule has 1 fully saturated rings. The lowest BCUT2D eigenvalue weighted by molar-refractivity contribution is -0.130. The monoisotopic (exact) mass is 384 g/mol. The second-order valence-electron chi connectivity index (χ2n) is 7.29. The minimum Gasteiger partial charge on any atom is -0.378 e. The van der Waals surface area contributed by atoms with Gasteiger partial charge in [-0.05, 0) is 25.8 Å². The summed E-state index contributed by atoms with van der Waals surface area (Å²) in [5, 5.41) is 0. The zero-order valence-corrected chi connectivity index (χ0v) is 16.8. The number of amides is 1. The molecule has 1 saturated heterocycles. The number of nitrogens with zero attached hydrogens (tertiary/aromatic N) is 3. The second kappa shape index (κ2) is 9.01. The number of ether oxygens (including phenoxy) is 1. The van der Waals surface area contributed by atoms with Gasteiger partial charge in [-0.2, -0.15) is 0 Å². The summed E-state index contributed by atoms with van der Waals surface area (Å²) in [6.45, 7) is 7.11. The van der Waals surface area contributed by atoms with Crippen molar-refractivity contribution in [3.63, 3.8) is 0 Å². The molecule has 1 aliphatic rings. The molecule has 1 aliphatic heterocycles. The SMILES string of the molecule is Cc1ccc(CN(C)C(=O)CCc2c(C)nc(N3CCOCC3)[nH]c2=O)cc1. The number of aromatic amines is 1. The average molecular weight is 384 g/mol. The van der Waals surface area contributed by atoms with Crippen molar-refractivity contribution in [1.29, 1.82) is 0 Å². The van der Waals surface area contributed by atoms with Gasteiger partial charge in [0.15, 0.2) is 0 Å². The highest BCUT2D eigenvalue weighted by Crippen LogP contribution is 2.12. The Morgan fingerprint density at radius 3 is 2.54 bits per heavy atom. The summed E-state index contributed by atoms with van der Waals surface area (Å²) in [5.74, 6) is 0.592. The van der Waals surface area contributed by atoms with E-state index in [2.05, 4.69) is 9.97 Å². The molecule has 7 nitrogen and oxygen atoms in total. The normalized spacial score (nSPS) is 14.2. The number of aromatic nitrogens is 2. The molecule has 0 unspecified atom stereocenters. The van der Waals surface area contributed by atoms with Crippen LogP contribution in [0.15, 0.2) is 29.1 Å². The van der Waals surface area contributed by atoms with Crippen LogP contribution in [0.1, 0.15) is 28.8 Å². The zero-order chi connectivity index (χ0) is 20.1. The van der Waals surface area contributed by atoms with Gasteiger partial charge in [-0.25, -0.2) is 4.98 Å². The molecule has 1 N–H and O–H groups in total. The maximum absolute atomic E-state index is 12.5. The molecule has 0 radical (unpaired) electrons. The Morgan fingerprint density at radius 1 is 1.21 bits per heavy atom. The smallest absolute Gasteiger partial charge is 0.255 e. The molecule has 0 saturated carbocycles. The number of benzene rings is 1. The van der Waals surface area contributed by atoms with E-state index in [1.807, 2.05) is 43.0 Å². The van der Waals surface area contributed by atoms with Crippen molar-refractivity contribution in [3.05, 3.63) is 57.0 Å². The Kier molecular flexibility index (Phi) is 6.46. The molecule has 7 heteroatoms. The van der Waals surface area contributed by atoms with Crippen molar-refractivity contribution in [1.82, 2.24) is 14.9 Å². The van der Waals surface area contributed by atoms with E-state index in [-0.39, 0.29) is 17.9 Å². The predicted octanol–water partition coefficient (Wildman–Crippen LogP) is 1.81. The number of hydrogen-bond donors (Lipinski definition) is 1. The molecule has 3 rings (SSSR count). The first-order valence-electron chi connectivity index (χ1n) is 9.66. The lowest BCUT2D eigenvalue weighted by Crippen LogP contribution is -2.38. The van der Waals surface area contributed by atoms with Crippen LogP contribution in [0.5, 0.6) is 0 Å². The lowest BCUT2D eigenvalue weighted by Gasteiger charge is -2.27. The van der Waals surface area contributed by atoms with Crippen molar-refractivity contribution < 1.29 is 9.53 Å². The van der Waals surface area contributed by atoms with E-state index in [9.17, 15) is 9.59 Å². The highest BCUT2D eigenvalue weighted by Gasteiger charge is 2.17. The molecule has 0 aliphatic carbocycles. The number of aryl methyl sites for hydroxylation is 2. The number of rotatable bonds is 6. The molecule has 1 aromatic heterocycles. The Bertz CT molecular complexity index is 870. The summed E-state index contributed by atoms with van der Waals surface area (Å²) < 4.78 is 5.34. The Morgan fingerprint density at radius 2 is 1.89 bits per heavy atom. The molecule has 28 heavy (non-hydrogen) atoms. The van der Waals surface area contributed by atoms with Crippen LogP contribution in [-0.4, -0.2) is 54.1 Å². The van der Waals surface area contributed by atoms with Gasteiger partial charge in [0, 0.05) is 44.4 Å². The quantitative estimate of drug-likeness (QED) is 0.822. The van der Waals surface area contributed by atoms with Gasteiger partial charge in [-0.1, -0.05) is 29.8 Å². The van der Waals surface area contributed by atoms with Crippen LogP contribution >= 0.6 is 0 Å². The highest BCUT2D eigenvalue weighted by atomic mass is 16.5. The first kappa shape index (κ1) is 20.1. The summed E-state index contributed by atoms with van der Waals surface area (Å²) in [7, 11) is 1.79. The minimum atomic E-state index is -0.164. The first-order valence-corrected chi connectivity index (χ1v) is 9.66. The minimum absolute atomic E-state index is 0.0108. The van der Waals surface area contributed by atoms with Crippen LogP contribution in [0.2, 0.25) is 0 Å². The molecule has 0 bridgehead atoms. The highest BCUT2D eigenvalue weighted by molar-refractivity contribution is 5.76. The van der Waals surface area contributed by atoms with Crippen molar-refractivity contribution in [2.75, 3.05) is 38.3 Å². The summed E-state index contributed by atoms with van der Waals surface area (Å²) in [6.07, 6.45) is 0.666. The van der Waals surface area contributed by atoms with Crippen molar-refractivity contribution in [2.45, 2.75) is 33.2 Å². The third-order valence-electron chi connectivity index (χ3n) is 5.08. The van der Waals surface area contributed by atoms with E-state index in [1.165, 1.54) is 5.56 Å². The summed E-state index contributed by atoms with van der Waals surface area (Å²) in [5.41, 5.74) is 3.38. The largest absolute Gasteiger partial charge is 0.378 e. The maximum Gasteiger partial charge on any atom is 0.255 e. The van der Waals surface area contributed by atoms with Crippen molar-refractivity contribution in [2.24, 2.45) is 0 Å². The fraction of sp³-hybridized carbons (Fsp3) is 0.476. The molecule has 0 atom stereocenters. The van der Waals surface area contributed by atoms with Gasteiger partial charge in [0.05, 0.1) is 13.2 Å². The number of hydrogen-bond acceptors (Lipinski definition) is 5. The average Bonchev–Trinajstić information content (AvgIpc) is 2.69. The van der Waals surface area contributed by atoms with Gasteiger partial charge >= 0.3 is 0 Å². The van der Waals surface area contributed by atoms with Crippen LogP contribution in [0.4, 0.5) is 5.95 Å². The topological polar surface area (TPSA) is 78.5 Å². The zero-order valence-electron chi connectivity index (χ0n) is 16.8. The molecule has 150 valence electrons. The predicted molar refractivity (Wildman–Crippen MR) is 109 cm³/mol. The number of carbonyl (C=O) groups is 1. The molecule has 1 aromatic carbocycles. The Balaban J connectivity index is 1.60. The van der Waals surface area contributed by atoms with Gasteiger partial charge < -0.3 is 14.5 Å². The Labute approximate surface area is 165 Å². The fourth-order valence-corrected chi connectivity index (χ4v) is 3.29. The number of anilines is 1. The Hall–Kier alpha value is -2.67. The first-order chi connectivity index (χ1) is 13.4. The molecular weight excluding hydrogens is 356 g/mol. The number of morpholine rings is 1. The van der Waals surface area contributed by atoms with E-state index in [0.717, 1.165) is 5.56 Å². The number of H-pyrrole nitrogens is 1. The second-order valence-corrected chi connectivity index (χ2v) is 7.29. The van der Waals surface area contributed by atoms with Crippen LogP contribution in [0.25, 0.3) is 0 Å². The van der Waals surface area contributed by atoms with E-state index < -0.39 is 0 Å². The standard InChI is InChI=1S/C21H28N4O3/c1-15-4-6-17(7-5-15)14-24(3)19(26)9-8-18-16(2)22-21(23-20(18)27)25-10-12-28-13-11-25/h4-7H,8-14H2,1-3H3,(H,22,23,27). The van der Waals surface area contributed by atoms with Crippen LogP contribution < -0.4 is 10.5 Å². The number of carbonyl (C=O) groups excluding carboxylic acids is 1. The van der Waals surface area contributed by atoms with Gasteiger partial charge in [0.1, 0.15) is 0 Å². The van der Waals surface area contributed by atoms with Crippen molar-refractivity contribution in [3.8, 4) is 0 Å². The summed E-state index contributed by atoms with van der Waals surface area (Å²) >= 11 is 0. The van der Waals surface area contributed by atoms with Crippen LogP contribution in [0.3, 0.4) is 0 Å². The third-order valence-corrected chi connectivity index (χ3v) is 5.08. The van der Waals surface area contributed by atoms with Gasteiger partial charge in [-0.3, -0.25) is 14.6 Å². The summed E-state index contributed by atoms with van der Waals surface area (Å²) in [4.78, 5) is 36.1. The van der Waals surface area contributed by atoms with E-state index in [4.69, 9.17) is 4.74 Å². The van der Waals surface area contributed by atoms with Gasteiger partial charge in [-0.15, -0.1) is 0 Å². The van der Waals surface area contributed by atoms with E-state index >= 15 is 0 Å².